The van der Waals surface area contributed by atoms with Crippen LogP contribution in [0, 0.1) is 5.82 Å². The van der Waals surface area contributed by atoms with E-state index in [2.05, 4.69) is 36.8 Å². The Balaban J connectivity index is 1.66. The van der Waals surface area contributed by atoms with E-state index in [1.54, 1.807) is 6.20 Å². The quantitative estimate of drug-likeness (QED) is 0.839. The standard InChI is InChI=1S/C15H15BrFN3/c16-12-9-15(11-18-10-12)20-7-5-19(6-8-20)14-3-1-13(17)2-4-14/h1-4,9-11H,5-8H2. The van der Waals surface area contributed by atoms with E-state index in [-0.39, 0.29) is 5.82 Å². The van der Waals surface area contributed by atoms with Gasteiger partial charge in [-0.05, 0) is 46.3 Å². The second kappa shape index (κ2) is 5.79. The van der Waals surface area contributed by atoms with Gasteiger partial charge in [0.2, 0.25) is 0 Å². The van der Waals surface area contributed by atoms with Gasteiger partial charge in [-0.15, -0.1) is 0 Å². The highest BCUT2D eigenvalue weighted by atomic mass is 79.9. The van der Waals surface area contributed by atoms with Gasteiger partial charge in [-0.1, -0.05) is 0 Å². The zero-order valence-electron chi connectivity index (χ0n) is 11.0. The van der Waals surface area contributed by atoms with Crippen molar-refractivity contribution in [1.82, 2.24) is 4.98 Å². The summed E-state index contributed by atoms with van der Waals surface area (Å²) in [4.78, 5) is 8.80. The van der Waals surface area contributed by atoms with Crippen LogP contribution in [0.4, 0.5) is 15.8 Å². The molecule has 1 saturated heterocycles. The van der Waals surface area contributed by atoms with E-state index in [0.717, 1.165) is 42.0 Å². The smallest absolute Gasteiger partial charge is 0.123 e. The van der Waals surface area contributed by atoms with Crippen molar-refractivity contribution in [2.24, 2.45) is 0 Å². The maximum Gasteiger partial charge on any atom is 0.123 e. The molecule has 20 heavy (non-hydrogen) atoms. The molecule has 0 aliphatic carbocycles. The Labute approximate surface area is 126 Å². The summed E-state index contributed by atoms with van der Waals surface area (Å²) in [5, 5.41) is 0. The molecule has 0 unspecified atom stereocenters. The Morgan fingerprint density at radius 1 is 0.900 bits per heavy atom. The fourth-order valence-electron chi connectivity index (χ4n) is 2.45. The fourth-order valence-corrected chi connectivity index (χ4v) is 2.80. The van der Waals surface area contributed by atoms with Crippen LogP contribution in [0.2, 0.25) is 0 Å². The maximum atomic E-state index is 12.9. The molecule has 0 spiro atoms. The molecule has 2 heterocycles. The molecule has 5 heteroatoms. The van der Waals surface area contributed by atoms with Crippen molar-refractivity contribution in [1.29, 1.82) is 0 Å². The molecule has 2 aromatic rings. The Hall–Kier alpha value is -1.62. The molecule has 1 aromatic carbocycles. The molecule has 104 valence electrons. The fraction of sp³-hybridized carbons (Fsp3) is 0.267. The Kier molecular flexibility index (Phi) is 3.87. The molecule has 1 aromatic heterocycles. The molecule has 0 amide bonds. The molecule has 0 bridgehead atoms. The van der Waals surface area contributed by atoms with Gasteiger partial charge in [0, 0.05) is 42.5 Å². The summed E-state index contributed by atoms with van der Waals surface area (Å²) >= 11 is 3.45. The molecule has 0 radical (unpaired) electrons. The van der Waals surface area contributed by atoms with E-state index >= 15 is 0 Å². The van der Waals surface area contributed by atoms with Crippen LogP contribution in [-0.4, -0.2) is 31.2 Å². The molecule has 3 rings (SSSR count). The summed E-state index contributed by atoms with van der Waals surface area (Å²) in [6.07, 6.45) is 3.68. The molecule has 1 aliphatic heterocycles. The number of benzene rings is 1. The monoisotopic (exact) mass is 335 g/mol. The molecular formula is C15H15BrFN3. The zero-order valence-corrected chi connectivity index (χ0v) is 12.6. The first-order chi connectivity index (χ1) is 9.72. The normalized spacial score (nSPS) is 15.5. The van der Waals surface area contributed by atoms with E-state index in [9.17, 15) is 4.39 Å². The predicted octanol–water partition coefficient (Wildman–Crippen LogP) is 3.31. The van der Waals surface area contributed by atoms with Crippen LogP contribution in [-0.2, 0) is 0 Å². The van der Waals surface area contributed by atoms with Crippen LogP contribution in [0.3, 0.4) is 0 Å². The average Bonchev–Trinajstić information content (AvgIpc) is 2.48. The highest BCUT2D eigenvalue weighted by Gasteiger charge is 2.17. The Morgan fingerprint density at radius 2 is 1.50 bits per heavy atom. The molecule has 0 saturated carbocycles. The summed E-state index contributed by atoms with van der Waals surface area (Å²) in [7, 11) is 0. The number of aromatic nitrogens is 1. The van der Waals surface area contributed by atoms with Crippen molar-refractivity contribution in [3.8, 4) is 0 Å². The van der Waals surface area contributed by atoms with Crippen molar-refractivity contribution >= 4 is 27.3 Å². The van der Waals surface area contributed by atoms with Gasteiger partial charge in [-0.3, -0.25) is 4.98 Å². The van der Waals surface area contributed by atoms with Crippen molar-refractivity contribution in [3.63, 3.8) is 0 Å². The minimum Gasteiger partial charge on any atom is -0.368 e. The van der Waals surface area contributed by atoms with Gasteiger partial charge >= 0.3 is 0 Å². The molecule has 0 N–H and O–H groups in total. The Morgan fingerprint density at radius 3 is 2.10 bits per heavy atom. The summed E-state index contributed by atoms with van der Waals surface area (Å²) in [5.41, 5.74) is 2.22. The molecule has 0 atom stereocenters. The SMILES string of the molecule is Fc1ccc(N2CCN(c3cncc(Br)c3)CC2)cc1. The number of piperazine rings is 1. The number of rotatable bonds is 2. The summed E-state index contributed by atoms with van der Waals surface area (Å²) in [6.45, 7) is 3.74. The minimum atomic E-state index is -0.187. The van der Waals surface area contributed by atoms with Gasteiger partial charge in [0.15, 0.2) is 0 Å². The number of hydrogen-bond donors (Lipinski definition) is 0. The Bertz CT molecular complexity index is 580. The van der Waals surface area contributed by atoms with Crippen molar-refractivity contribution in [3.05, 3.63) is 53.0 Å². The van der Waals surface area contributed by atoms with Crippen LogP contribution in [0.15, 0.2) is 47.2 Å². The molecule has 3 nitrogen and oxygen atoms in total. The van der Waals surface area contributed by atoms with E-state index in [1.165, 1.54) is 12.1 Å². The van der Waals surface area contributed by atoms with E-state index < -0.39 is 0 Å². The summed E-state index contributed by atoms with van der Waals surface area (Å²) < 4.78 is 13.9. The van der Waals surface area contributed by atoms with Crippen LogP contribution in [0.1, 0.15) is 0 Å². The van der Waals surface area contributed by atoms with Gasteiger partial charge in [0.25, 0.3) is 0 Å². The first kappa shape index (κ1) is 13.4. The number of pyridine rings is 1. The molecular weight excluding hydrogens is 321 g/mol. The minimum absolute atomic E-state index is 0.187. The number of hydrogen-bond acceptors (Lipinski definition) is 3. The van der Waals surface area contributed by atoms with Crippen molar-refractivity contribution in [2.45, 2.75) is 0 Å². The number of anilines is 2. The molecule has 1 fully saturated rings. The lowest BCUT2D eigenvalue weighted by Gasteiger charge is -2.37. The second-order valence-electron chi connectivity index (χ2n) is 4.81. The lowest BCUT2D eigenvalue weighted by molar-refractivity contribution is 0.624. The predicted molar refractivity (Wildman–Crippen MR) is 82.8 cm³/mol. The van der Waals surface area contributed by atoms with Crippen LogP contribution in [0.5, 0.6) is 0 Å². The molecule has 1 aliphatic rings. The summed E-state index contributed by atoms with van der Waals surface area (Å²) in [6, 6.07) is 8.79. The van der Waals surface area contributed by atoms with Crippen molar-refractivity contribution in [2.75, 3.05) is 36.0 Å². The third kappa shape index (κ3) is 2.93. The largest absolute Gasteiger partial charge is 0.368 e. The van der Waals surface area contributed by atoms with Gasteiger partial charge in [-0.25, -0.2) is 4.39 Å². The first-order valence-corrected chi connectivity index (χ1v) is 7.38. The lowest BCUT2D eigenvalue weighted by atomic mass is 10.2. The number of halogens is 2. The van der Waals surface area contributed by atoms with Gasteiger partial charge in [-0.2, -0.15) is 0 Å². The second-order valence-corrected chi connectivity index (χ2v) is 5.73. The van der Waals surface area contributed by atoms with E-state index in [1.807, 2.05) is 18.3 Å². The maximum absolute atomic E-state index is 12.9. The zero-order chi connectivity index (χ0) is 13.9. The average molecular weight is 336 g/mol. The topological polar surface area (TPSA) is 19.4 Å². The van der Waals surface area contributed by atoms with E-state index in [0.29, 0.717) is 0 Å². The highest BCUT2D eigenvalue weighted by Crippen LogP contribution is 2.22. The van der Waals surface area contributed by atoms with Crippen LogP contribution < -0.4 is 9.80 Å². The van der Waals surface area contributed by atoms with Gasteiger partial charge in [0.1, 0.15) is 5.82 Å². The van der Waals surface area contributed by atoms with E-state index in [4.69, 9.17) is 0 Å². The van der Waals surface area contributed by atoms with Crippen LogP contribution >= 0.6 is 15.9 Å². The lowest BCUT2D eigenvalue weighted by Crippen LogP contribution is -2.46. The first-order valence-electron chi connectivity index (χ1n) is 6.58. The highest BCUT2D eigenvalue weighted by molar-refractivity contribution is 9.10. The van der Waals surface area contributed by atoms with Gasteiger partial charge < -0.3 is 9.80 Å². The van der Waals surface area contributed by atoms with Crippen LogP contribution in [0.25, 0.3) is 0 Å². The number of nitrogens with zero attached hydrogens (tertiary/aromatic N) is 3. The summed E-state index contributed by atoms with van der Waals surface area (Å²) in [5.74, 6) is -0.187. The third-order valence-electron chi connectivity index (χ3n) is 3.53. The van der Waals surface area contributed by atoms with Crippen molar-refractivity contribution < 1.29 is 4.39 Å². The third-order valence-corrected chi connectivity index (χ3v) is 3.96. The van der Waals surface area contributed by atoms with Gasteiger partial charge in [0.05, 0.1) is 11.9 Å².